The van der Waals surface area contributed by atoms with Crippen LogP contribution in [-0.2, 0) is 4.74 Å². The molecule has 4 nitrogen and oxygen atoms in total. The summed E-state index contributed by atoms with van der Waals surface area (Å²) < 4.78 is 5.24. The standard InChI is InChI=1S/C12H13ClO4/c13-12(10(15)6-9(7-14)17-12)11(16)8-4-2-1-3-5-8/h1-5,9-10,14-15H,6-7H2/t9-,10+,12?/m0/s1. The molecular formula is C12H13ClO4. The van der Waals surface area contributed by atoms with Gasteiger partial charge in [-0.2, -0.15) is 0 Å². The van der Waals surface area contributed by atoms with E-state index in [1.165, 1.54) is 0 Å². The highest BCUT2D eigenvalue weighted by atomic mass is 35.5. The van der Waals surface area contributed by atoms with Crippen molar-refractivity contribution in [2.24, 2.45) is 0 Å². The lowest BCUT2D eigenvalue weighted by Gasteiger charge is -2.23. The van der Waals surface area contributed by atoms with Crippen LogP contribution in [0.15, 0.2) is 30.3 Å². The third-order valence-corrected chi connectivity index (χ3v) is 3.31. The smallest absolute Gasteiger partial charge is 0.231 e. The van der Waals surface area contributed by atoms with Gasteiger partial charge in [0.2, 0.25) is 10.8 Å². The Kier molecular flexibility index (Phi) is 3.49. The molecule has 0 saturated carbocycles. The fourth-order valence-corrected chi connectivity index (χ4v) is 2.20. The number of carbonyl (C=O) groups excluding carboxylic acids is 1. The molecule has 17 heavy (non-hydrogen) atoms. The van der Waals surface area contributed by atoms with E-state index in [1.54, 1.807) is 30.3 Å². The number of rotatable bonds is 3. The molecule has 0 aliphatic carbocycles. The summed E-state index contributed by atoms with van der Waals surface area (Å²) in [5, 5.41) is 17.0. The lowest BCUT2D eigenvalue weighted by molar-refractivity contribution is -0.0229. The fourth-order valence-electron chi connectivity index (χ4n) is 1.87. The van der Waals surface area contributed by atoms with Crippen LogP contribution in [0.3, 0.4) is 0 Å². The summed E-state index contributed by atoms with van der Waals surface area (Å²) in [7, 11) is 0. The van der Waals surface area contributed by atoms with E-state index in [9.17, 15) is 9.90 Å². The molecule has 0 spiro atoms. The van der Waals surface area contributed by atoms with E-state index >= 15 is 0 Å². The summed E-state index contributed by atoms with van der Waals surface area (Å²) in [4.78, 5) is 12.1. The van der Waals surface area contributed by atoms with Gasteiger partial charge in [-0.05, 0) is 0 Å². The molecule has 2 N–H and O–H groups in total. The molecule has 1 fully saturated rings. The Hall–Kier alpha value is -0.940. The lowest BCUT2D eigenvalue weighted by atomic mass is 10.0. The van der Waals surface area contributed by atoms with E-state index in [0.717, 1.165) is 0 Å². The van der Waals surface area contributed by atoms with Crippen molar-refractivity contribution in [3.8, 4) is 0 Å². The number of hydrogen-bond acceptors (Lipinski definition) is 4. The molecule has 1 aromatic rings. The van der Waals surface area contributed by atoms with Gasteiger partial charge in [0.15, 0.2) is 0 Å². The summed E-state index contributed by atoms with van der Waals surface area (Å²) in [6.07, 6.45) is -1.57. The molecule has 0 aromatic heterocycles. The van der Waals surface area contributed by atoms with Crippen LogP contribution in [0, 0.1) is 0 Å². The van der Waals surface area contributed by atoms with E-state index in [4.69, 9.17) is 21.4 Å². The Labute approximate surface area is 104 Å². The summed E-state index contributed by atoms with van der Waals surface area (Å²) in [6, 6.07) is 8.40. The van der Waals surface area contributed by atoms with Crippen molar-refractivity contribution in [3.05, 3.63) is 35.9 Å². The van der Waals surface area contributed by atoms with Crippen molar-refractivity contribution >= 4 is 17.4 Å². The predicted molar refractivity (Wildman–Crippen MR) is 61.9 cm³/mol. The molecule has 1 unspecified atom stereocenters. The highest BCUT2D eigenvalue weighted by molar-refractivity contribution is 6.37. The van der Waals surface area contributed by atoms with Crippen LogP contribution in [0.5, 0.6) is 0 Å². The zero-order valence-electron chi connectivity index (χ0n) is 9.04. The third kappa shape index (κ3) is 2.21. The molecule has 2 rings (SSSR count). The third-order valence-electron chi connectivity index (χ3n) is 2.80. The number of hydrogen-bond donors (Lipinski definition) is 2. The van der Waals surface area contributed by atoms with Crippen LogP contribution >= 0.6 is 11.6 Å². The lowest BCUT2D eigenvalue weighted by Crippen LogP contribution is -2.42. The molecule has 1 aliphatic heterocycles. The van der Waals surface area contributed by atoms with Gasteiger partial charge in [0, 0.05) is 12.0 Å². The second-order valence-corrected chi connectivity index (χ2v) is 4.58. The van der Waals surface area contributed by atoms with Crippen molar-refractivity contribution in [3.63, 3.8) is 0 Å². The van der Waals surface area contributed by atoms with E-state index in [1.807, 2.05) is 0 Å². The number of carbonyl (C=O) groups is 1. The van der Waals surface area contributed by atoms with E-state index in [0.29, 0.717) is 5.56 Å². The van der Waals surface area contributed by atoms with Gasteiger partial charge in [-0.1, -0.05) is 41.9 Å². The van der Waals surface area contributed by atoms with E-state index < -0.39 is 23.1 Å². The van der Waals surface area contributed by atoms with Crippen molar-refractivity contribution in [2.45, 2.75) is 23.7 Å². The first-order chi connectivity index (χ1) is 8.08. The van der Waals surface area contributed by atoms with Crippen molar-refractivity contribution in [1.29, 1.82) is 0 Å². The number of ketones is 1. The maximum Gasteiger partial charge on any atom is 0.231 e. The average Bonchev–Trinajstić information content (AvgIpc) is 2.66. The summed E-state index contributed by atoms with van der Waals surface area (Å²) in [6.45, 7) is -0.270. The number of halogens is 1. The van der Waals surface area contributed by atoms with Crippen molar-refractivity contribution in [2.75, 3.05) is 6.61 Å². The highest BCUT2D eigenvalue weighted by Crippen LogP contribution is 2.37. The van der Waals surface area contributed by atoms with Crippen molar-refractivity contribution in [1.82, 2.24) is 0 Å². The number of benzene rings is 1. The molecular weight excluding hydrogens is 244 g/mol. The molecule has 1 heterocycles. The first kappa shape index (κ1) is 12.5. The first-order valence-corrected chi connectivity index (χ1v) is 5.71. The Morgan fingerprint density at radius 1 is 1.47 bits per heavy atom. The number of aliphatic hydroxyl groups excluding tert-OH is 2. The molecule has 0 bridgehead atoms. The van der Waals surface area contributed by atoms with Crippen LogP contribution in [0.1, 0.15) is 16.8 Å². The van der Waals surface area contributed by atoms with Crippen LogP contribution in [0.2, 0.25) is 0 Å². The molecule has 1 saturated heterocycles. The number of Topliss-reactive ketones (excluding diaryl/α,β-unsaturated/α-hetero) is 1. The minimum Gasteiger partial charge on any atom is -0.394 e. The average molecular weight is 257 g/mol. The van der Waals surface area contributed by atoms with Gasteiger partial charge in [0.05, 0.1) is 12.7 Å². The zero-order valence-corrected chi connectivity index (χ0v) is 9.80. The second kappa shape index (κ2) is 4.74. The van der Waals surface area contributed by atoms with E-state index in [-0.39, 0.29) is 13.0 Å². The van der Waals surface area contributed by atoms with Gasteiger partial charge in [-0.15, -0.1) is 0 Å². The first-order valence-electron chi connectivity index (χ1n) is 5.33. The Bertz CT molecular complexity index is 408. The second-order valence-electron chi connectivity index (χ2n) is 4.01. The van der Waals surface area contributed by atoms with Crippen LogP contribution in [-0.4, -0.2) is 39.9 Å². The van der Waals surface area contributed by atoms with Gasteiger partial charge >= 0.3 is 0 Å². The molecule has 3 atom stereocenters. The maximum atomic E-state index is 12.1. The minimum absolute atomic E-state index is 0.151. The molecule has 1 aromatic carbocycles. The highest BCUT2D eigenvalue weighted by Gasteiger charge is 2.52. The monoisotopic (exact) mass is 256 g/mol. The summed E-state index contributed by atoms with van der Waals surface area (Å²) in [5.74, 6) is -0.483. The van der Waals surface area contributed by atoms with Gasteiger partial charge in [0.25, 0.3) is 0 Å². The van der Waals surface area contributed by atoms with Crippen molar-refractivity contribution < 1.29 is 19.7 Å². The topological polar surface area (TPSA) is 66.8 Å². The van der Waals surface area contributed by atoms with Gasteiger partial charge in [-0.3, -0.25) is 4.79 Å². The van der Waals surface area contributed by atoms with Gasteiger partial charge < -0.3 is 14.9 Å². The number of alkyl halides is 1. The minimum atomic E-state index is -1.78. The maximum absolute atomic E-state index is 12.1. The van der Waals surface area contributed by atoms with Gasteiger partial charge in [-0.25, -0.2) is 0 Å². The Morgan fingerprint density at radius 3 is 2.65 bits per heavy atom. The number of ether oxygens (including phenoxy) is 1. The zero-order chi connectivity index (χ0) is 12.5. The SMILES string of the molecule is O=C(c1ccccc1)C1(Cl)O[C@H](CO)C[C@H]1O. The number of aliphatic hydroxyl groups is 2. The molecule has 5 heteroatoms. The largest absolute Gasteiger partial charge is 0.394 e. The molecule has 0 radical (unpaired) electrons. The Balaban J connectivity index is 2.25. The Morgan fingerprint density at radius 2 is 2.12 bits per heavy atom. The van der Waals surface area contributed by atoms with Crippen LogP contribution in [0.25, 0.3) is 0 Å². The molecule has 92 valence electrons. The van der Waals surface area contributed by atoms with E-state index in [2.05, 4.69) is 0 Å². The summed E-state index contributed by atoms with van der Waals surface area (Å²) in [5.41, 5.74) is 0.375. The molecule has 1 aliphatic rings. The molecule has 0 amide bonds. The predicted octanol–water partition coefficient (Wildman–Crippen LogP) is 0.946. The van der Waals surface area contributed by atoms with Crippen LogP contribution < -0.4 is 0 Å². The fraction of sp³-hybridized carbons (Fsp3) is 0.417. The quantitative estimate of drug-likeness (QED) is 0.624. The summed E-state index contributed by atoms with van der Waals surface area (Å²) >= 11 is 6.05. The van der Waals surface area contributed by atoms with Gasteiger partial charge in [0.1, 0.15) is 6.10 Å². The normalized spacial score (nSPS) is 32.6. The van der Waals surface area contributed by atoms with Crippen LogP contribution in [0.4, 0.5) is 0 Å².